The second-order valence-electron chi connectivity index (χ2n) is 3.98. The highest BCUT2D eigenvalue weighted by atomic mass is 79.9. The Hall–Kier alpha value is -1.00. The summed E-state index contributed by atoms with van der Waals surface area (Å²) in [5.41, 5.74) is 2.24. The summed E-state index contributed by atoms with van der Waals surface area (Å²) in [6.45, 7) is 0. The summed E-state index contributed by atoms with van der Waals surface area (Å²) < 4.78 is 11.6. The van der Waals surface area contributed by atoms with E-state index in [4.69, 9.17) is 9.47 Å². The van der Waals surface area contributed by atoms with Crippen LogP contribution in [-0.2, 0) is 0 Å². The maximum absolute atomic E-state index is 5.50. The van der Waals surface area contributed by atoms with Crippen LogP contribution < -0.4 is 9.47 Å². The van der Waals surface area contributed by atoms with E-state index in [-0.39, 0.29) is 4.83 Å². The minimum Gasteiger partial charge on any atom is -0.495 e. The molecule has 1 unspecified atom stereocenters. The van der Waals surface area contributed by atoms with Crippen LogP contribution in [-0.4, -0.2) is 14.2 Å². The van der Waals surface area contributed by atoms with Crippen molar-refractivity contribution in [2.75, 3.05) is 14.2 Å². The maximum atomic E-state index is 5.50. The normalized spacial score (nSPS) is 12.0. The fourth-order valence-corrected chi connectivity index (χ4v) is 3.27. The van der Waals surface area contributed by atoms with E-state index >= 15 is 0 Å². The molecule has 0 bridgehead atoms. The summed E-state index contributed by atoms with van der Waals surface area (Å²) in [6, 6.07) is 14.1. The lowest BCUT2D eigenvalue weighted by molar-refractivity contribution is 0.386. The first-order valence-corrected chi connectivity index (χ1v) is 7.49. The first-order valence-electron chi connectivity index (χ1n) is 5.78. The Bertz CT molecular complexity index is 556. The Labute approximate surface area is 130 Å². The van der Waals surface area contributed by atoms with Gasteiger partial charge in [-0.25, -0.2) is 0 Å². The number of alkyl halides is 1. The van der Waals surface area contributed by atoms with Crippen molar-refractivity contribution >= 4 is 31.9 Å². The first kappa shape index (κ1) is 14.4. The fraction of sp³-hybridized carbons (Fsp3) is 0.200. The van der Waals surface area contributed by atoms with Gasteiger partial charge >= 0.3 is 0 Å². The highest BCUT2D eigenvalue weighted by molar-refractivity contribution is 9.10. The molecule has 0 saturated carbocycles. The van der Waals surface area contributed by atoms with Gasteiger partial charge in [-0.3, -0.25) is 0 Å². The number of ether oxygens (including phenoxy) is 2. The van der Waals surface area contributed by atoms with Crippen molar-refractivity contribution in [2.24, 2.45) is 0 Å². The Balaban J connectivity index is 2.48. The quantitative estimate of drug-likeness (QED) is 0.693. The Kier molecular flexibility index (Phi) is 4.88. The largest absolute Gasteiger partial charge is 0.495 e. The monoisotopic (exact) mass is 384 g/mol. The van der Waals surface area contributed by atoms with Crippen LogP contribution in [0.5, 0.6) is 11.5 Å². The number of hydrogen-bond donors (Lipinski definition) is 0. The zero-order valence-corrected chi connectivity index (χ0v) is 13.9. The molecule has 0 N–H and O–H groups in total. The summed E-state index contributed by atoms with van der Waals surface area (Å²) in [7, 11) is 3.30. The molecule has 0 aliphatic rings. The number of methoxy groups -OCH3 is 2. The molecule has 0 spiro atoms. The summed E-state index contributed by atoms with van der Waals surface area (Å²) in [5, 5.41) is 0. The van der Waals surface area contributed by atoms with Gasteiger partial charge in [0.15, 0.2) is 0 Å². The lowest BCUT2D eigenvalue weighted by atomic mass is 10.0. The van der Waals surface area contributed by atoms with Crippen LogP contribution in [0.1, 0.15) is 16.0 Å². The van der Waals surface area contributed by atoms with Crippen molar-refractivity contribution in [3.8, 4) is 11.5 Å². The number of rotatable bonds is 4. The number of hydrogen-bond acceptors (Lipinski definition) is 2. The molecule has 0 aromatic heterocycles. The average Bonchev–Trinajstić information content (AvgIpc) is 2.47. The lowest BCUT2D eigenvalue weighted by Gasteiger charge is -2.17. The van der Waals surface area contributed by atoms with Gasteiger partial charge in [-0.05, 0) is 27.6 Å². The third-order valence-electron chi connectivity index (χ3n) is 2.88. The van der Waals surface area contributed by atoms with Gasteiger partial charge in [0.05, 0.1) is 19.0 Å². The minimum atomic E-state index is 0.0749. The predicted molar refractivity (Wildman–Crippen MR) is 84.5 cm³/mol. The molecule has 2 nitrogen and oxygen atoms in total. The second kappa shape index (κ2) is 6.44. The van der Waals surface area contributed by atoms with E-state index in [2.05, 4.69) is 44.0 Å². The van der Waals surface area contributed by atoms with Crippen LogP contribution >= 0.6 is 31.9 Å². The van der Waals surface area contributed by atoms with E-state index in [0.717, 1.165) is 21.5 Å². The van der Waals surface area contributed by atoms with Crippen LogP contribution in [0.15, 0.2) is 46.9 Å². The molecule has 0 aliphatic carbocycles. The molecule has 0 heterocycles. The van der Waals surface area contributed by atoms with E-state index in [1.54, 1.807) is 14.2 Å². The molecule has 2 rings (SSSR count). The SMILES string of the molecule is COc1ccc(C(Br)c2ccccc2)c(OC)c1Br. The fourth-order valence-electron chi connectivity index (χ4n) is 1.92. The van der Waals surface area contributed by atoms with Gasteiger partial charge in [0, 0.05) is 5.56 Å². The standard InChI is InChI=1S/C15H14Br2O2/c1-18-12-9-8-11(15(19-2)14(12)17)13(16)10-6-4-3-5-7-10/h3-9,13H,1-2H3. The van der Waals surface area contributed by atoms with E-state index < -0.39 is 0 Å². The predicted octanol–water partition coefficient (Wildman–Crippen LogP) is 4.95. The molecule has 4 heteroatoms. The number of halogens is 2. The molecule has 0 aliphatic heterocycles. The summed E-state index contributed by atoms with van der Waals surface area (Å²) >= 11 is 7.25. The Morgan fingerprint density at radius 3 is 2.21 bits per heavy atom. The highest BCUT2D eigenvalue weighted by Crippen LogP contribution is 2.44. The van der Waals surface area contributed by atoms with E-state index in [1.165, 1.54) is 5.56 Å². The molecule has 0 fully saturated rings. The van der Waals surface area contributed by atoms with Crippen LogP contribution in [0.4, 0.5) is 0 Å². The first-order chi connectivity index (χ1) is 9.19. The molecule has 0 saturated heterocycles. The third kappa shape index (κ3) is 2.95. The van der Waals surface area contributed by atoms with Crippen molar-refractivity contribution in [1.29, 1.82) is 0 Å². The van der Waals surface area contributed by atoms with Crippen LogP contribution in [0.3, 0.4) is 0 Å². The maximum Gasteiger partial charge on any atom is 0.141 e. The van der Waals surface area contributed by atoms with Crippen molar-refractivity contribution in [2.45, 2.75) is 4.83 Å². The molecule has 100 valence electrons. The summed E-state index contributed by atoms with van der Waals surface area (Å²) in [5.74, 6) is 1.54. The topological polar surface area (TPSA) is 18.5 Å². The van der Waals surface area contributed by atoms with Crippen molar-refractivity contribution in [3.05, 3.63) is 58.1 Å². The molecule has 19 heavy (non-hydrogen) atoms. The van der Waals surface area contributed by atoms with Crippen molar-refractivity contribution in [1.82, 2.24) is 0 Å². The van der Waals surface area contributed by atoms with Crippen molar-refractivity contribution < 1.29 is 9.47 Å². The smallest absolute Gasteiger partial charge is 0.141 e. The summed E-state index contributed by atoms with van der Waals surface area (Å²) in [6.07, 6.45) is 0. The Morgan fingerprint density at radius 1 is 0.947 bits per heavy atom. The van der Waals surface area contributed by atoms with Gasteiger partial charge in [-0.1, -0.05) is 52.3 Å². The molecule has 2 aromatic carbocycles. The van der Waals surface area contributed by atoms with E-state index in [1.807, 2.05) is 30.3 Å². The van der Waals surface area contributed by atoms with Gasteiger partial charge in [0.2, 0.25) is 0 Å². The Morgan fingerprint density at radius 2 is 1.63 bits per heavy atom. The van der Waals surface area contributed by atoms with Gasteiger partial charge in [-0.2, -0.15) is 0 Å². The van der Waals surface area contributed by atoms with Crippen LogP contribution in [0.25, 0.3) is 0 Å². The van der Waals surface area contributed by atoms with Gasteiger partial charge < -0.3 is 9.47 Å². The molecule has 1 atom stereocenters. The molecule has 0 amide bonds. The minimum absolute atomic E-state index is 0.0749. The van der Waals surface area contributed by atoms with Gasteiger partial charge in [0.1, 0.15) is 16.0 Å². The molecule has 0 radical (unpaired) electrons. The average molecular weight is 386 g/mol. The second-order valence-corrected chi connectivity index (χ2v) is 5.69. The van der Waals surface area contributed by atoms with E-state index in [9.17, 15) is 0 Å². The molecular weight excluding hydrogens is 372 g/mol. The van der Waals surface area contributed by atoms with Crippen molar-refractivity contribution in [3.63, 3.8) is 0 Å². The zero-order chi connectivity index (χ0) is 13.8. The van der Waals surface area contributed by atoms with Crippen LogP contribution in [0.2, 0.25) is 0 Å². The number of benzene rings is 2. The molecule has 2 aromatic rings. The van der Waals surface area contributed by atoms with E-state index in [0.29, 0.717) is 0 Å². The van der Waals surface area contributed by atoms with Gasteiger partial charge in [0.25, 0.3) is 0 Å². The molecular formula is C15H14Br2O2. The van der Waals surface area contributed by atoms with Gasteiger partial charge in [-0.15, -0.1) is 0 Å². The lowest BCUT2D eigenvalue weighted by Crippen LogP contribution is -1.99. The third-order valence-corrected chi connectivity index (χ3v) is 4.65. The summed E-state index contributed by atoms with van der Waals surface area (Å²) in [4.78, 5) is 0.0749. The zero-order valence-electron chi connectivity index (χ0n) is 10.7. The highest BCUT2D eigenvalue weighted by Gasteiger charge is 2.19. The van der Waals surface area contributed by atoms with Crippen LogP contribution in [0, 0.1) is 0 Å².